The third-order valence-corrected chi connectivity index (χ3v) is 4.08. The predicted molar refractivity (Wildman–Crippen MR) is 74.3 cm³/mol. The van der Waals surface area contributed by atoms with E-state index < -0.39 is 0 Å². The molecular weight excluding hydrogens is 220 g/mol. The molecule has 4 rings (SSSR count). The summed E-state index contributed by atoms with van der Waals surface area (Å²) in [5.41, 5.74) is 3.01. The van der Waals surface area contributed by atoms with Gasteiger partial charge < -0.3 is 4.90 Å². The molecule has 1 saturated carbocycles. The van der Waals surface area contributed by atoms with E-state index in [1.807, 2.05) is 6.21 Å². The molecule has 0 saturated heterocycles. The zero-order valence-corrected chi connectivity index (χ0v) is 10.4. The molecule has 0 unspecified atom stereocenters. The molecule has 0 bridgehead atoms. The molecule has 2 nitrogen and oxygen atoms in total. The summed E-state index contributed by atoms with van der Waals surface area (Å²) in [5.74, 6) is 1.20. The number of benzene rings is 1. The van der Waals surface area contributed by atoms with E-state index in [-0.39, 0.29) is 0 Å². The van der Waals surface area contributed by atoms with Crippen LogP contribution < -0.4 is 10.4 Å². The molecule has 2 heteroatoms. The van der Waals surface area contributed by atoms with Gasteiger partial charge in [0.25, 0.3) is 0 Å². The maximum Gasteiger partial charge on any atom is 0.136 e. The summed E-state index contributed by atoms with van der Waals surface area (Å²) in [6.07, 6.45) is 9.28. The maximum atomic E-state index is 4.61. The maximum absolute atomic E-state index is 4.61. The molecule has 1 fully saturated rings. The molecule has 0 amide bonds. The van der Waals surface area contributed by atoms with Crippen molar-refractivity contribution in [2.24, 2.45) is 4.99 Å². The van der Waals surface area contributed by atoms with Crippen LogP contribution in [0.3, 0.4) is 0 Å². The third kappa shape index (κ3) is 1.38. The fourth-order valence-electron chi connectivity index (χ4n) is 3.24. The summed E-state index contributed by atoms with van der Waals surface area (Å²) < 4.78 is 0. The van der Waals surface area contributed by atoms with Gasteiger partial charge in [-0.15, -0.1) is 0 Å². The molecule has 0 atom stereocenters. The summed E-state index contributed by atoms with van der Waals surface area (Å²) in [5, 5.41) is 2.76. The molecule has 0 radical (unpaired) electrons. The van der Waals surface area contributed by atoms with Crippen LogP contribution in [-0.4, -0.2) is 17.7 Å². The number of hydrogen-bond acceptors (Lipinski definition) is 2. The number of aliphatic imine (C=N–C) groups is 1. The molecular formula is C16H16N2. The summed E-state index contributed by atoms with van der Waals surface area (Å²) in [6.45, 7) is 0.917. The van der Waals surface area contributed by atoms with Gasteiger partial charge in [0.1, 0.15) is 5.82 Å². The van der Waals surface area contributed by atoms with Crippen molar-refractivity contribution in [1.82, 2.24) is 4.90 Å². The zero-order chi connectivity index (χ0) is 11.9. The average molecular weight is 236 g/mol. The fraction of sp³-hybridized carbons (Fsp3) is 0.312. The van der Waals surface area contributed by atoms with Crippen LogP contribution in [0, 0.1) is 0 Å². The van der Waals surface area contributed by atoms with E-state index in [4.69, 9.17) is 0 Å². The number of allylic oxidation sites excluding steroid dienone is 1. The molecule has 0 spiro atoms. The van der Waals surface area contributed by atoms with Crippen molar-refractivity contribution in [2.75, 3.05) is 6.54 Å². The van der Waals surface area contributed by atoms with Gasteiger partial charge >= 0.3 is 0 Å². The average Bonchev–Trinajstić information content (AvgIpc) is 2.83. The van der Waals surface area contributed by atoms with Crippen molar-refractivity contribution in [3.8, 4) is 0 Å². The Bertz CT molecular complexity index is 679. The Labute approximate surface area is 107 Å². The summed E-state index contributed by atoms with van der Waals surface area (Å²) in [4.78, 5) is 6.91. The first-order valence-corrected chi connectivity index (χ1v) is 6.76. The first-order valence-electron chi connectivity index (χ1n) is 6.76. The van der Waals surface area contributed by atoms with Crippen molar-refractivity contribution in [2.45, 2.75) is 25.7 Å². The van der Waals surface area contributed by atoms with Crippen molar-refractivity contribution in [1.29, 1.82) is 0 Å². The highest BCUT2D eigenvalue weighted by molar-refractivity contribution is 5.74. The van der Waals surface area contributed by atoms with E-state index in [9.17, 15) is 0 Å². The lowest BCUT2D eigenvalue weighted by Crippen LogP contribution is -2.28. The quantitative estimate of drug-likeness (QED) is 0.670. The van der Waals surface area contributed by atoms with Crippen molar-refractivity contribution in [3.05, 3.63) is 46.1 Å². The van der Waals surface area contributed by atoms with E-state index in [2.05, 4.69) is 40.4 Å². The van der Waals surface area contributed by atoms with Gasteiger partial charge in [0.15, 0.2) is 0 Å². The van der Waals surface area contributed by atoms with Gasteiger partial charge in [0.05, 0.1) is 6.54 Å². The highest BCUT2D eigenvalue weighted by atomic mass is 15.2. The highest BCUT2D eigenvalue weighted by Gasteiger charge is 2.23. The van der Waals surface area contributed by atoms with Gasteiger partial charge in [-0.3, -0.25) is 0 Å². The molecule has 1 aromatic carbocycles. The van der Waals surface area contributed by atoms with Crippen LogP contribution in [0.15, 0.2) is 40.7 Å². The number of rotatable bonds is 0. The first kappa shape index (κ1) is 10.1. The Morgan fingerprint density at radius 3 is 2.78 bits per heavy atom. The lowest BCUT2D eigenvalue weighted by molar-refractivity contribution is 0.583. The Morgan fingerprint density at radius 2 is 1.83 bits per heavy atom. The van der Waals surface area contributed by atoms with Crippen LogP contribution >= 0.6 is 0 Å². The minimum absolute atomic E-state index is 0.917. The largest absolute Gasteiger partial charge is 0.327 e. The van der Waals surface area contributed by atoms with Crippen LogP contribution in [0.25, 0.3) is 11.8 Å². The molecule has 90 valence electrons. The van der Waals surface area contributed by atoms with E-state index in [1.54, 1.807) is 0 Å². The minimum Gasteiger partial charge on any atom is -0.327 e. The van der Waals surface area contributed by atoms with E-state index in [0.29, 0.717) is 0 Å². The second-order valence-corrected chi connectivity index (χ2v) is 5.17. The van der Waals surface area contributed by atoms with Gasteiger partial charge in [0, 0.05) is 12.4 Å². The standard InChI is InChI=1S/C16H16N2/c1-2-6-13-12(5-1)11-18-10-9-17-16(18)15-8-4-3-7-14(13)15/h1-2,5-6,9,11H,3-4,7-8,10H2. The van der Waals surface area contributed by atoms with Crippen molar-refractivity contribution in [3.63, 3.8) is 0 Å². The molecule has 0 N–H and O–H groups in total. The van der Waals surface area contributed by atoms with Gasteiger partial charge in [-0.25, -0.2) is 4.99 Å². The molecule has 0 aromatic heterocycles. The van der Waals surface area contributed by atoms with Crippen LogP contribution in [0.5, 0.6) is 0 Å². The van der Waals surface area contributed by atoms with Crippen molar-refractivity contribution < 1.29 is 0 Å². The second kappa shape index (κ2) is 3.84. The predicted octanol–water partition coefficient (Wildman–Crippen LogP) is 1.76. The molecule has 1 aromatic rings. The Morgan fingerprint density at radius 1 is 1.00 bits per heavy atom. The van der Waals surface area contributed by atoms with Gasteiger partial charge in [0.2, 0.25) is 0 Å². The minimum atomic E-state index is 0.917. The van der Waals surface area contributed by atoms with Gasteiger partial charge in [-0.1, -0.05) is 24.3 Å². The number of nitrogens with zero attached hydrogens (tertiary/aromatic N) is 2. The van der Waals surface area contributed by atoms with Gasteiger partial charge in [-0.05, 0) is 47.3 Å². The van der Waals surface area contributed by atoms with Crippen molar-refractivity contribution >= 4 is 18.0 Å². The molecule has 2 heterocycles. The smallest absolute Gasteiger partial charge is 0.136 e. The lowest BCUT2D eigenvalue weighted by atomic mass is 9.88. The van der Waals surface area contributed by atoms with E-state index in [1.165, 1.54) is 53.1 Å². The second-order valence-electron chi connectivity index (χ2n) is 5.17. The summed E-state index contributed by atoms with van der Waals surface area (Å²) in [6, 6.07) is 8.76. The normalized spacial score (nSPS) is 21.1. The highest BCUT2D eigenvalue weighted by Crippen LogP contribution is 2.34. The van der Waals surface area contributed by atoms with Crippen LogP contribution in [-0.2, 0) is 0 Å². The Balaban J connectivity index is 2.11. The SMILES string of the molecule is C1=NC2=C3CCCCC3=c3ccccc3=CN2C1. The number of hydrogen-bond donors (Lipinski definition) is 0. The molecule has 1 aliphatic carbocycles. The monoisotopic (exact) mass is 236 g/mol. The summed E-state index contributed by atoms with van der Waals surface area (Å²) >= 11 is 0. The van der Waals surface area contributed by atoms with Gasteiger partial charge in [-0.2, -0.15) is 0 Å². The van der Waals surface area contributed by atoms with Crippen LogP contribution in [0.2, 0.25) is 0 Å². The Kier molecular flexibility index (Phi) is 2.16. The number of fused-ring (bicyclic) bond motifs is 3. The Hall–Kier alpha value is -1.83. The first-order chi connectivity index (χ1) is 8.93. The van der Waals surface area contributed by atoms with E-state index >= 15 is 0 Å². The zero-order valence-electron chi connectivity index (χ0n) is 10.4. The summed E-state index contributed by atoms with van der Waals surface area (Å²) in [7, 11) is 0. The topological polar surface area (TPSA) is 15.6 Å². The van der Waals surface area contributed by atoms with Crippen LogP contribution in [0.4, 0.5) is 0 Å². The molecule has 3 aliphatic rings. The van der Waals surface area contributed by atoms with Crippen LogP contribution in [0.1, 0.15) is 25.7 Å². The fourth-order valence-corrected chi connectivity index (χ4v) is 3.24. The molecule has 2 aliphatic heterocycles. The third-order valence-electron chi connectivity index (χ3n) is 4.08. The molecule has 18 heavy (non-hydrogen) atoms. The lowest BCUT2D eigenvalue weighted by Gasteiger charge is -2.21. The van der Waals surface area contributed by atoms with E-state index in [0.717, 1.165) is 6.54 Å².